The number of nitrogens with zero attached hydrogens (tertiary/aromatic N) is 4. The number of ether oxygens (including phenoxy) is 1. The normalized spacial score (nSPS) is 15.9. The van der Waals surface area contributed by atoms with Crippen molar-refractivity contribution in [2.75, 3.05) is 32.5 Å². The molecule has 1 fully saturated rings. The SMILES string of the molecule is COCC1C(=O)N(Cc2ccc(-n3ccccc3=O)cc2)CCN1C(=O)CCc1ccc(N)nc1. The van der Waals surface area contributed by atoms with Crippen molar-refractivity contribution in [2.24, 2.45) is 0 Å². The molecule has 35 heavy (non-hydrogen) atoms. The fourth-order valence-electron chi connectivity index (χ4n) is 4.21. The maximum Gasteiger partial charge on any atom is 0.255 e. The number of carbonyl (C=O) groups is 2. The summed E-state index contributed by atoms with van der Waals surface area (Å²) in [5, 5.41) is 0. The Bertz CT molecular complexity index is 1220. The second-order valence-electron chi connectivity index (χ2n) is 8.48. The van der Waals surface area contributed by atoms with Gasteiger partial charge in [0.05, 0.1) is 6.61 Å². The number of piperazine rings is 1. The van der Waals surface area contributed by atoms with Crippen LogP contribution in [0, 0.1) is 0 Å². The number of hydrogen-bond acceptors (Lipinski definition) is 6. The molecule has 0 saturated carbocycles. The zero-order valence-electron chi connectivity index (χ0n) is 19.7. The fourth-order valence-corrected chi connectivity index (χ4v) is 4.21. The molecular formula is C26H29N5O4. The summed E-state index contributed by atoms with van der Waals surface area (Å²) in [5.41, 5.74) is 8.13. The first kappa shape index (κ1) is 24.2. The van der Waals surface area contributed by atoms with Gasteiger partial charge in [0.1, 0.15) is 11.9 Å². The summed E-state index contributed by atoms with van der Waals surface area (Å²) in [6.45, 7) is 1.44. The molecule has 0 spiro atoms. The molecule has 0 bridgehead atoms. The molecule has 1 aliphatic rings. The van der Waals surface area contributed by atoms with Gasteiger partial charge in [0.15, 0.2) is 0 Å². The number of methoxy groups -OCH3 is 1. The summed E-state index contributed by atoms with van der Waals surface area (Å²) in [5.74, 6) is 0.212. The van der Waals surface area contributed by atoms with Gasteiger partial charge in [0.25, 0.3) is 5.56 Å². The topological polar surface area (TPSA) is 111 Å². The molecule has 0 aliphatic carbocycles. The number of aryl methyl sites for hydroxylation is 1. The molecular weight excluding hydrogens is 446 g/mol. The minimum atomic E-state index is -0.659. The van der Waals surface area contributed by atoms with Crippen LogP contribution in [0.3, 0.4) is 0 Å². The Balaban J connectivity index is 1.40. The minimum Gasteiger partial charge on any atom is -0.384 e. The molecule has 9 nitrogen and oxygen atoms in total. The summed E-state index contributed by atoms with van der Waals surface area (Å²) in [7, 11) is 1.53. The van der Waals surface area contributed by atoms with Crippen molar-refractivity contribution in [3.63, 3.8) is 0 Å². The second-order valence-corrected chi connectivity index (χ2v) is 8.48. The average Bonchev–Trinajstić information content (AvgIpc) is 2.87. The molecule has 2 aromatic heterocycles. The first-order valence-electron chi connectivity index (χ1n) is 11.5. The van der Waals surface area contributed by atoms with Gasteiger partial charge in [-0.25, -0.2) is 4.98 Å². The van der Waals surface area contributed by atoms with Gasteiger partial charge in [-0.05, 0) is 41.8 Å². The van der Waals surface area contributed by atoms with Crippen LogP contribution in [-0.2, 0) is 27.3 Å². The number of rotatable bonds is 8. The summed E-state index contributed by atoms with van der Waals surface area (Å²) >= 11 is 0. The third-order valence-electron chi connectivity index (χ3n) is 6.11. The van der Waals surface area contributed by atoms with Crippen molar-refractivity contribution in [1.29, 1.82) is 0 Å². The van der Waals surface area contributed by atoms with Gasteiger partial charge >= 0.3 is 0 Å². The Kier molecular flexibility index (Phi) is 7.57. The van der Waals surface area contributed by atoms with Gasteiger partial charge in [-0.3, -0.25) is 19.0 Å². The van der Waals surface area contributed by atoms with Crippen molar-refractivity contribution in [2.45, 2.75) is 25.4 Å². The highest BCUT2D eigenvalue weighted by Crippen LogP contribution is 2.18. The van der Waals surface area contributed by atoms with Gasteiger partial charge < -0.3 is 20.3 Å². The van der Waals surface area contributed by atoms with E-state index in [4.69, 9.17) is 10.5 Å². The molecule has 2 N–H and O–H groups in total. The van der Waals surface area contributed by atoms with E-state index in [0.717, 1.165) is 16.8 Å². The lowest BCUT2D eigenvalue weighted by Crippen LogP contribution is -2.60. The predicted molar refractivity (Wildman–Crippen MR) is 132 cm³/mol. The highest BCUT2D eigenvalue weighted by atomic mass is 16.5. The first-order valence-corrected chi connectivity index (χ1v) is 11.5. The van der Waals surface area contributed by atoms with E-state index < -0.39 is 6.04 Å². The molecule has 1 saturated heterocycles. The zero-order chi connectivity index (χ0) is 24.8. The largest absolute Gasteiger partial charge is 0.384 e. The molecule has 1 aliphatic heterocycles. The van der Waals surface area contributed by atoms with Gasteiger partial charge in [-0.15, -0.1) is 0 Å². The Labute approximate surface area is 203 Å². The number of anilines is 1. The molecule has 4 rings (SSSR count). The molecule has 3 aromatic rings. The summed E-state index contributed by atoms with van der Waals surface area (Å²) in [6.07, 6.45) is 4.18. The van der Waals surface area contributed by atoms with Crippen molar-refractivity contribution in [3.8, 4) is 5.69 Å². The number of amides is 2. The Hall–Kier alpha value is -3.98. The summed E-state index contributed by atoms with van der Waals surface area (Å²) < 4.78 is 6.85. The van der Waals surface area contributed by atoms with Crippen LogP contribution in [0.4, 0.5) is 5.82 Å². The second kappa shape index (κ2) is 11.0. The average molecular weight is 476 g/mol. The Morgan fingerprint density at radius 1 is 1.06 bits per heavy atom. The monoisotopic (exact) mass is 475 g/mol. The number of pyridine rings is 2. The summed E-state index contributed by atoms with van der Waals surface area (Å²) in [6, 6.07) is 15.5. The number of aromatic nitrogens is 2. The van der Waals surface area contributed by atoms with Gasteiger partial charge in [0, 0.05) is 57.3 Å². The summed E-state index contributed by atoms with van der Waals surface area (Å²) in [4.78, 5) is 45.7. The van der Waals surface area contributed by atoms with Crippen LogP contribution in [0.5, 0.6) is 0 Å². The molecule has 9 heteroatoms. The lowest BCUT2D eigenvalue weighted by atomic mass is 10.1. The zero-order valence-corrected chi connectivity index (χ0v) is 19.7. The number of nitrogens with two attached hydrogens (primary N) is 1. The fraction of sp³-hybridized carbons (Fsp3) is 0.308. The quantitative estimate of drug-likeness (QED) is 0.530. The van der Waals surface area contributed by atoms with E-state index in [1.807, 2.05) is 30.3 Å². The number of hydrogen-bond donors (Lipinski definition) is 1. The lowest BCUT2D eigenvalue weighted by molar-refractivity contribution is -0.154. The maximum absolute atomic E-state index is 13.3. The van der Waals surface area contributed by atoms with E-state index >= 15 is 0 Å². The van der Waals surface area contributed by atoms with Gasteiger partial charge in [-0.2, -0.15) is 0 Å². The van der Waals surface area contributed by atoms with Gasteiger partial charge in [-0.1, -0.05) is 24.3 Å². The van der Waals surface area contributed by atoms with Crippen LogP contribution >= 0.6 is 0 Å². The van der Waals surface area contributed by atoms with Crippen molar-refractivity contribution in [3.05, 3.63) is 88.5 Å². The predicted octanol–water partition coefficient (Wildman–Crippen LogP) is 1.63. The number of nitrogen functional groups attached to an aromatic ring is 1. The van der Waals surface area contributed by atoms with E-state index in [1.54, 1.807) is 45.0 Å². The van der Waals surface area contributed by atoms with Crippen molar-refractivity contribution < 1.29 is 14.3 Å². The third-order valence-corrected chi connectivity index (χ3v) is 6.11. The molecule has 1 aromatic carbocycles. The van der Waals surface area contributed by atoms with E-state index in [9.17, 15) is 14.4 Å². The molecule has 3 heterocycles. The molecule has 1 unspecified atom stereocenters. The van der Waals surface area contributed by atoms with Crippen LogP contribution < -0.4 is 11.3 Å². The van der Waals surface area contributed by atoms with E-state index in [2.05, 4.69) is 4.98 Å². The highest BCUT2D eigenvalue weighted by molar-refractivity contribution is 5.89. The molecule has 0 radical (unpaired) electrons. The maximum atomic E-state index is 13.3. The van der Waals surface area contributed by atoms with Crippen LogP contribution in [0.2, 0.25) is 0 Å². The van der Waals surface area contributed by atoms with Crippen LogP contribution in [0.15, 0.2) is 71.8 Å². The van der Waals surface area contributed by atoms with Crippen LogP contribution in [0.25, 0.3) is 5.69 Å². The first-order chi connectivity index (χ1) is 17.0. The molecule has 182 valence electrons. The Morgan fingerprint density at radius 2 is 1.83 bits per heavy atom. The lowest BCUT2D eigenvalue weighted by Gasteiger charge is -2.40. The number of carbonyl (C=O) groups excluding carboxylic acids is 2. The standard InChI is InChI=1S/C26H29N5O4/c1-35-18-22-26(34)29(14-15-31(22)25(33)12-8-19-7-11-23(27)28-16-19)17-20-5-9-21(10-6-20)30-13-3-2-4-24(30)32/h2-7,9-11,13,16,22H,8,12,14-15,17-18H2,1H3,(H2,27,28). The van der Waals surface area contributed by atoms with E-state index in [-0.39, 0.29) is 30.4 Å². The van der Waals surface area contributed by atoms with E-state index in [0.29, 0.717) is 31.9 Å². The van der Waals surface area contributed by atoms with Gasteiger partial charge in [0.2, 0.25) is 11.8 Å². The number of benzene rings is 1. The smallest absolute Gasteiger partial charge is 0.255 e. The van der Waals surface area contributed by atoms with Crippen molar-refractivity contribution in [1.82, 2.24) is 19.4 Å². The van der Waals surface area contributed by atoms with E-state index in [1.165, 1.54) is 13.2 Å². The van der Waals surface area contributed by atoms with Crippen LogP contribution in [-0.4, -0.2) is 64.0 Å². The molecule has 2 amide bonds. The van der Waals surface area contributed by atoms with Crippen LogP contribution in [0.1, 0.15) is 17.5 Å². The third kappa shape index (κ3) is 5.75. The molecule has 1 atom stereocenters. The Morgan fingerprint density at radius 3 is 2.51 bits per heavy atom. The minimum absolute atomic E-state index is 0.0884. The highest BCUT2D eigenvalue weighted by Gasteiger charge is 2.37. The van der Waals surface area contributed by atoms with Crippen molar-refractivity contribution >= 4 is 17.6 Å².